The molecule has 1 atom stereocenters. The van der Waals surface area contributed by atoms with Gasteiger partial charge in [0.15, 0.2) is 11.5 Å². The first-order chi connectivity index (χ1) is 11.7. The Hall–Kier alpha value is -1.55. The number of rotatable bonds is 9. The maximum atomic E-state index is 11.9. The molecule has 24 heavy (non-hydrogen) atoms. The van der Waals surface area contributed by atoms with Crippen molar-refractivity contribution in [3.63, 3.8) is 0 Å². The standard InChI is InChI=1S/C20H31NO3/c1-3-4-5-13-20(22)24-19-12-7-6-11-18(19)23-16-14-17-10-8-9-15-21(17)2/h6-7,11-12,17H,3-5,8-10,13-16H2,1-2H3. The van der Waals surface area contributed by atoms with E-state index < -0.39 is 0 Å². The molecule has 0 N–H and O–H groups in total. The van der Waals surface area contributed by atoms with E-state index in [1.165, 1.54) is 25.8 Å². The molecule has 0 aliphatic carbocycles. The Kier molecular flexibility index (Phi) is 8.10. The fourth-order valence-corrected chi connectivity index (χ4v) is 3.16. The molecule has 0 radical (unpaired) electrons. The van der Waals surface area contributed by atoms with Crippen molar-refractivity contribution in [2.45, 2.75) is 64.3 Å². The maximum absolute atomic E-state index is 11.9. The topological polar surface area (TPSA) is 38.8 Å². The van der Waals surface area contributed by atoms with Crippen LogP contribution in [-0.4, -0.2) is 37.1 Å². The second kappa shape index (κ2) is 10.3. The van der Waals surface area contributed by atoms with Crippen molar-refractivity contribution in [1.82, 2.24) is 4.90 Å². The van der Waals surface area contributed by atoms with Crippen LogP contribution >= 0.6 is 0 Å². The minimum atomic E-state index is -0.175. The van der Waals surface area contributed by atoms with Crippen LogP contribution in [0.4, 0.5) is 0 Å². The predicted octanol–water partition coefficient (Wildman–Crippen LogP) is 4.43. The lowest BCUT2D eigenvalue weighted by molar-refractivity contribution is -0.134. The molecular weight excluding hydrogens is 302 g/mol. The lowest BCUT2D eigenvalue weighted by Gasteiger charge is -2.32. The van der Waals surface area contributed by atoms with Crippen molar-refractivity contribution in [1.29, 1.82) is 0 Å². The Morgan fingerprint density at radius 2 is 2.00 bits per heavy atom. The van der Waals surface area contributed by atoms with Gasteiger partial charge >= 0.3 is 5.97 Å². The zero-order valence-electron chi connectivity index (χ0n) is 15.1. The molecule has 2 rings (SSSR count). The number of unbranched alkanes of at least 4 members (excludes halogenated alkanes) is 2. The number of nitrogens with zero attached hydrogens (tertiary/aromatic N) is 1. The smallest absolute Gasteiger partial charge is 0.311 e. The summed E-state index contributed by atoms with van der Waals surface area (Å²) in [4.78, 5) is 14.3. The van der Waals surface area contributed by atoms with E-state index in [4.69, 9.17) is 9.47 Å². The van der Waals surface area contributed by atoms with Crippen LogP contribution in [0.1, 0.15) is 58.3 Å². The van der Waals surface area contributed by atoms with Crippen LogP contribution in [0.15, 0.2) is 24.3 Å². The average molecular weight is 333 g/mol. The second-order valence-corrected chi connectivity index (χ2v) is 6.65. The summed E-state index contributed by atoms with van der Waals surface area (Å²) >= 11 is 0. The highest BCUT2D eigenvalue weighted by Gasteiger charge is 2.19. The van der Waals surface area contributed by atoms with Gasteiger partial charge in [-0.3, -0.25) is 4.79 Å². The summed E-state index contributed by atoms with van der Waals surface area (Å²) in [5.41, 5.74) is 0. The van der Waals surface area contributed by atoms with Gasteiger partial charge < -0.3 is 14.4 Å². The number of ether oxygens (including phenoxy) is 2. The van der Waals surface area contributed by atoms with Gasteiger partial charge in [0.25, 0.3) is 0 Å². The normalized spacial score (nSPS) is 18.3. The molecule has 1 fully saturated rings. The lowest BCUT2D eigenvalue weighted by Crippen LogP contribution is -2.37. The number of carbonyl (C=O) groups excluding carboxylic acids is 1. The average Bonchev–Trinajstić information content (AvgIpc) is 2.58. The summed E-state index contributed by atoms with van der Waals surface area (Å²) in [6, 6.07) is 8.06. The third kappa shape index (κ3) is 6.16. The van der Waals surface area contributed by atoms with Crippen molar-refractivity contribution < 1.29 is 14.3 Å². The number of piperidine rings is 1. The molecule has 134 valence electrons. The van der Waals surface area contributed by atoms with Crippen molar-refractivity contribution in [3.8, 4) is 11.5 Å². The van der Waals surface area contributed by atoms with E-state index in [0.29, 0.717) is 30.6 Å². The first kappa shape index (κ1) is 18.8. The molecule has 1 aromatic rings. The van der Waals surface area contributed by atoms with Crippen LogP contribution in [0.25, 0.3) is 0 Å². The fourth-order valence-electron chi connectivity index (χ4n) is 3.16. The van der Waals surface area contributed by atoms with Crippen molar-refractivity contribution in [2.24, 2.45) is 0 Å². The quantitative estimate of drug-likeness (QED) is 0.381. The van der Waals surface area contributed by atoms with E-state index in [-0.39, 0.29) is 5.97 Å². The lowest BCUT2D eigenvalue weighted by atomic mass is 10.0. The summed E-state index contributed by atoms with van der Waals surface area (Å²) in [6.45, 7) is 3.95. The van der Waals surface area contributed by atoms with Crippen LogP contribution in [-0.2, 0) is 4.79 Å². The molecule has 4 nitrogen and oxygen atoms in total. The Morgan fingerprint density at radius 1 is 1.21 bits per heavy atom. The summed E-state index contributed by atoms with van der Waals surface area (Å²) in [6.07, 6.45) is 8.36. The third-order valence-corrected chi connectivity index (χ3v) is 4.69. The van der Waals surface area contributed by atoms with Gasteiger partial charge in [-0.15, -0.1) is 0 Å². The van der Waals surface area contributed by atoms with Crippen molar-refractivity contribution >= 4 is 5.97 Å². The number of para-hydroxylation sites is 2. The summed E-state index contributed by atoms with van der Waals surface area (Å²) in [5, 5.41) is 0. The van der Waals surface area contributed by atoms with E-state index in [1.807, 2.05) is 18.2 Å². The molecule has 1 heterocycles. The minimum absolute atomic E-state index is 0.175. The summed E-state index contributed by atoms with van der Waals surface area (Å²) in [5.74, 6) is 1.03. The highest BCUT2D eigenvalue weighted by molar-refractivity contribution is 5.73. The van der Waals surface area contributed by atoms with E-state index >= 15 is 0 Å². The number of hydrogen-bond donors (Lipinski definition) is 0. The second-order valence-electron chi connectivity index (χ2n) is 6.65. The number of benzene rings is 1. The highest BCUT2D eigenvalue weighted by atomic mass is 16.6. The molecule has 1 aromatic carbocycles. The largest absolute Gasteiger partial charge is 0.490 e. The monoisotopic (exact) mass is 333 g/mol. The van der Waals surface area contributed by atoms with Crippen LogP contribution in [0.5, 0.6) is 11.5 Å². The Morgan fingerprint density at radius 3 is 2.75 bits per heavy atom. The first-order valence-corrected chi connectivity index (χ1v) is 9.33. The minimum Gasteiger partial charge on any atom is -0.490 e. The molecule has 1 saturated heterocycles. The molecule has 0 bridgehead atoms. The van der Waals surface area contributed by atoms with Gasteiger partial charge in [-0.25, -0.2) is 0 Å². The summed E-state index contributed by atoms with van der Waals surface area (Å²) < 4.78 is 11.4. The van der Waals surface area contributed by atoms with Crippen LogP contribution in [0.3, 0.4) is 0 Å². The van der Waals surface area contributed by atoms with E-state index in [0.717, 1.165) is 25.7 Å². The van der Waals surface area contributed by atoms with Crippen LogP contribution < -0.4 is 9.47 Å². The van der Waals surface area contributed by atoms with Gasteiger partial charge in [0.05, 0.1) is 6.61 Å². The first-order valence-electron chi connectivity index (χ1n) is 9.33. The highest BCUT2D eigenvalue weighted by Crippen LogP contribution is 2.28. The molecule has 1 aliphatic rings. The number of hydrogen-bond acceptors (Lipinski definition) is 4. The molecule has 0 spiro atoms. The van der Waals surface area contributed by atoms with Gasteiger partial charge in [-0.05, 0) is 51.4 Å². The van der Waals surface area contributed by atoms with Crippen LogP contribution in [0, 0.1) is 0 Å². The van der Waals surface area contributed by atoms with Crippen molar-refractivity contribution in [2.75, 3.05) is 20.2 Å². The molecular formula is C20H31NO3. The zero-order chi connectivity index (χ0) is 17.2. The molecule has 0 amide bonds. The Bertz CT molecular complexity index is 503. The van der Waals surface area contributed by atoms with Gasteiger partial charge in [0.1, 0.15) is 0 Å². The molecule has 1 aliphatic heterocycles. The van der Waals surface area contributed by atoms with E-state index in [9.17, 15) is 4.79 Å². The Balaban J connectivity index is 1.81. The molecule has 0 aromatic heterocycles. The number of likely N-dealkylation sites (tertiary alicyclic amines) is 1. The Labute approximate surface area is 146 Å². The van der Waals surface area contributed by atoms with Gasteiger partial charge in [0.2, 0.25) is 0 Å². The van der Waals surface area contributed by atoms with E-state index in [1.54, 1.807) is 6.07 Å². The SMILES string of the molecule is CCCCCC(=O)Oc1ccccc1OCCC1CCCCN1C. The van der Waals surface area contributed by atoms with Crippen LogP contribution in [0.2, 0.25) is 0 Å². The number of esters is 1. The van der Waals surface area contributed by atoms with Gasteiger partial charge in [-0.2, -0.15) is 0 Å². The van der Waals surface area contributed by atoms with Gasteiger partial charge in [-0.1, -0.05) is 38.3 Å². The molecule has 0 saturated carbocycles. The maximum Gasteiger partial charge on any atom is 0.311 e. The van der Waals surface area contributed by atoms with E-state index in [2.05, 4.69) is 18.9 Å². The zero-order valence-corrected chi connectivity index (χ0v) is 15.1. The van der Waals surface area contributed by atoms with Crippen molar-refractivity contribution in [3.05, 3.63) is 24.3 Å². The third-order valence-electron chi connectivity index (χ3n) is 4.69. The summed E-state index contributed by atoms with van der Waals surface area (Å²) in [7, 11) is 2.19. The molecule has 1 unspecified atom stereocenters. The fraction of sp³-hybridized carbons (Fsp3) is 0.650. The molecule has 4 heteroatoms. The predicted molar refractivity (Wildman–Crippen MR) is 96.6 cm³/mol. The number of carbonyl (C=O) groups is 1. The van der Waals surface area contributed by atoms with Gasteiger partial charge in [0, 0.05) is 12.5 Å².